The lowest BCUT2D eigenvalue weighted by atomic mass is 10.1. The molecule has 4 aromatic rings. The Kier molecular flexibility index (Phi) is 12.8. The number of piperidine rings is 1. The largest absolute Gasteiger partial charge is 0.379 e. The second-order valence-electron chi connectivity index (χ2n) is 11.7. The Bertz CT molecular complexity index is 1720. The molecule has 0 bridgehead atoms. The highest BCUT2D eigenvalue weighted by atomic mass is 35.5. The number of hydrogen-bond acceptors (Lipinski definition) is 6. The van der Waals surface area contributed by atoms with Gasteiger partial charge in [-0.1, -0.05) is 23.7 Å². The normalized spacial score (nSPS) is 14.4. The molecule has 2 aliphatic rings. The summed E-state index contributed by atoms with van der Waals surface area (Å²) in [5.74, 6) is -0.335. The predicted octanol–water partition coefficient (Wildman–Crippen LogP) is 8.15. The van der Waals surface area contributed by atoms with E-state index in [2.05, 4.69) is 26.2 Å². The molecular weight excluding hydrogens is 645 g/mol. The van der Waals surface area contributed by atoms with Gasteiger partial charge in [0, 0.05) is 60.5 Å². The second-order valence-corrected chi connectivity index (χ2v) is 12.1. The molecule has 2 heterocycles. The summed E-state index contributed by atoms with van der Waals surface area (Å²) in [4.78, 5) is 28.4. The van der Waals surface area contributed by atoms with Crippen LogP contribution < -0.4 is 26.2 Å². The number of nitrogens with zero attached hydrogens (tertiary/aromatic N) is 3. The minimum absolute atomic E-state index is 0.279. The van der Waals surface area contributed by atoms with Crippen molar-refractivity contribution in [3.8, 4) is 6.07 Å². The number of halogens is 2. The van der Waals surface area contributed by atoms with E-state index in [1.807, 2.05) is 35.2 Å². The number of urea groups is 2. The van der Waals surface area contributed by atoms with E-state index in [1.54, 1.807) is 60.7 Å². The van der Waals surface area contributed by atoms with Crippen molar-refractivity contribution in [2.24, 2.45) is 0 Å². The Morgan fingerprint density at radius 1 is 0.714 bits per heavy atom. The first-order valence-electron chi connectivity index (χ1n) is 16.2. The fourth-order valence-corrected chi connectivity index (χ4v) is 5.56. The van der Waals surface area contributed by atoms with E-state index >= 15 is 0 Å². The van der Waals surface area contributed by atoms with Gasteiger partial charge in [-0.05, 0) is 104 Å². The lowest BCUT2D eigenvalue weighted by molar-refractivity contribution is 0.0342. The Labute approximate surface area is 290 Å². The van der Waals surface area contributed by atoms with Gasteiger partial charge in [0.1, 0.15) is 5.82 Å². The van der Waals surface area contributed by atoms with E-state index in [4.69, 9.17) is 21.6 Å². The van der Waals surface area contributed by atoms with Crippen LogP contribution in [0.1, 0.15) is 30.4 Å². The molecule has 4 aromatic carbocycles. The van der Waals surface area contributed by atoms with Gasteiger partial charge in [0.25, 0.3) is 0 Å². The van der Waals surface area contributed by atoms with Gasteiger partial charge in [-0.3, -0.25) is 4.90 Å². The lowest BCUT2D eigenvalue weighted by Gasteiger charge is -2.29. The Hall–Kier alpha value is -5.15. The van der Waals surface area contributed by atoms with Gasteiger partial charge in [-0.2, -0.15) is 5.26 Å². The first kappa shape index (κ1) is 35.2. The van der Waals surface area contributed by atoms with Crippen molar-refractivity contribution < 1.29 is 18.7 Å². The van der Waals surface area contributed by atoms with Crippen LogP contribution in [0.2, 0.25) is 5.02 Å². The number of nitrogens with one attached hydrogen (secondary N) is 4. The minimum atomic E-state index is -0.463. The highest BCUT2D eigenvalue weighted by Crippen LogP contribution is 2.26. The molecule has 0 aliphatic carbocycles. The van der Waals surface area contributed by atoms with Gasteiger partial charge in [0.05, 0.1) is 30.5 Å². The molecule has 2 fully saturated rings. The van der Waals surface area contributed by atoms with E-state index in [9.17, 15) is 14.0 Å². The van der Waals surface area contributed by atoms with Crippen LogP contribution in [-0.2, 0) is 11.3 Å². The summed E-state index contributed by atoms with van der Waals surface area (Å²) in [7, 11) is 0. The lowest BCUT2D eigenvalue weighted by Crippen LogP contribution is -2.35. The summed E-state index contributed by atoms with van der Waals surface area (Å²) in [5.41, 5.74) is 4.72. The van der Waals surface area contributed by atoms with Gasteiger partial charge >= 0.3 is 12.1 Å². The number of anilines is 5. The molecule has 2 aliphatic heterocycles. The number of carbonyl (C=O) groups excluding carboxylic acids is 2. The summed E-state index contributed by atoms with van der Waals surface area (Å²) in [5, 5.41) is 20.2. The number of benzene rings is 4. The number of morpholine rings is 1. The fraction of sp³-hybridized carbons (Fsp3) is 0.270. The van der Waals surface area contributed by atoms with Gasteiger partial charge in [-0.15, -0.1) is 0 Å². The molecule has 10 nitrogen and oxygen atoms in total. The highest BCUT2D eigenvalue weighted by molar-refractivity contribution is 6.30. The molecule has 2 saturated heterocycles. The summed E-state index contributed by atoms with van der Waals surface area (Å²) < 4.78 is 19.7. The van der Waals surface area contributed by atoms with E-state index in [-0.39, 0.29) is 11.8 Å². The number of nitriles is 1. The third kappa shape index (κ3) is 11.2. The van der Waals surface area contributed by atoms with E-state index in [0.29, 0.717) is 33.3 Å². The molecule has 0 atom stereocenters. The summed E-state index contributed by atoms with van der Waals surface area (Å²) in [6.45, 7) is 6.15. The summed E-state index contributed by atoms with van der Waals surface area (Å²) >= 11 is 5.82. The maximum absolute atomic E-state index is 14.4. The van der Waals surface area contributed by atoms with Gasteiger partial charge in [0.15, 0.2) is 0 Å². The molecule has 0 unspecified atom stereocenters. The number of rotatable bonds is 7. The van der Waals surface area contributed by atoms with E-state index < -0.39 is 6.03 Å². The first-order chi connectivity index (χ1) is 23.8. The highest BCUT2D eigenvalue weighted by Gasteiger charge is 2.16. The van der Waals surface area contributed by atoms with Gasteiger partial charge in [0.2, 0.25) is 0 Å². The van der Waals surface area contributed by atoms with Crippen LogP contribution in [0.15, 0.2) is 91.0 Å². The predicted molar refractivity (Wildman–Crippen MR) is 193 cm³/mol. The molecule has 0 radical (unpaired) electrons. The quantitative estimate of drug-likeness (QED) is 0.156. The van der Waals surface area contributed by atoms with Crippen molar-refractivity contribution in [2.45, 2.75) is 25.8 Å². The standard InChI is InChI=1S/C19H19FN4O.C18H20ClN3O2/c20-17-12-16(8-9-18(17)24-10-2-1-3-11-24)23-19(25)22-15-6-4-14(13-21)5-7-15;19-15-3-7-17(8-4-15)21-18(23)20-16-5-1-14(2-6-16)13-22-9-11-24-12-10-22/h4-9,12H,1-3,10-11H2,(H2,22,23,25);1-8H,9-13H2,(H2,20,21,23). The van der Waals surface area contributed by atoms with Crippen LogP contribution in [0.25, 0.3) is 0 Å². The van der Waals surface area contributed by atoms with Crippen LogP contribution >= 0.6 is 11.6 Å². The molecule has 12 heteroatoms. The third-order valence-corrected chi connectivity index (χ3v) is 8.25. The van der Waals surface area contributed by atoms with Crippen LogP contribution in [0.5, 0.6) is 0 Å². The zero-order valence-corrected chi connectivity index (χ0v) is 27.8. The molecule has 0 spiro atoms. The van der Waals surface area contributed by atoms with E-state index in [0.717, 1.165) is 64.5 Å². The number of carbonyl (C=O) groups is 2. The van der Waals surface area contributed by atoms with Crippen molar-refractivity contribution in [3.05, 3.63) is 113 Å². The number of amides is 4. The van der Waals surface area contributed by atoms with E-state index in [1.165, 1.54) is 18.1 Å². The Morgan fingerprint density at radius 3 is 1.78 bits per heavy atom. The van der Waals surface area contributed by atoms with Crippen molar-refractivity contribution >= 4 is 52.1 Å². The molecular formula is C37H39ClFN7O3. The van der Waals surface area contributed by atoms with Crippen LogP contribution in [0.3, 0.4) is 0 Å². The molecule has 0 saturated carbocycles. The SMILES string of the molecule is N#Cc1ccc(NC(=O)Nc2ccc(N3CCCCC3)c(F)c2)cc1.O=C(Nc1ccc(Cl)cc1)Nc1ccc(CN2CCOCC2)cc1. The van der Waals surface area contributed by atoms with Crippen molar-refractivity contribution in [2.75, 3.05) is 65.6 Å². The monoisotopic (exact) mass is 683 g/mol. The average molecular weight is 684 g/mol. The second kappa shape index (κ2) is 17.8. The molecule has 0 aromatic heterocycles. The minimum Gasteiger partial charge on any atom is -0.379 e. The van der Waals surface area contributed by atoms with Gasteiger partial charge in [-0.25, -0.2) is 14.0 Å². The first-order valence-corrected chi connectivity index (χ1v) is 16.6. The van der Waals surface area contributed by atoms with Crippen molar-refractivity contribution in [1.82, 2.24) is 4.90 Å². The Balaban J connectivity index is 0.000000191. The summed E-state index contributed by atoms with van der Waals surface area (Å²) in [6, 6.07) is 27.4. The Morgan fingerprint density at radius 2 is 1.22 bits per heavy atom. The topological polar surface area (TPSA) is 122 Å². The third-order valence-electron chi connectivity index (χ3n) is 8.00. The fourth-order valence-electron chi connectivity index (χ4n) is 5.44. The average Bonchev–Trinajstić information content (AvgIpc) is 3.11. The van der Waals surface area contributed by atoms with Crippen molar-refractivity contribution in [1.29, 1.82) is 5.26 Å². The van der Waals surface area contributed by atoms with Crippen LogP contribution in [-0.4, -0.2) is 56.4 Å². The smallest absolute Gasteiger partial charge is 0.323 e. The van der Waals surface area contributed by atoms with Crippen molar-refractivity contribution in [3.63, 3.8) is 0 Å². The van der Waals surface area contributed by atoms with Gasteiger partial charge < -0.3 is 30.9 Å². The maximum Gasteiger partial charge on any atom is 0.323 e. The maximum atomic E-state index is 14.4. The zero-order valence-electron chi connectivity index (χ0n) is 27.1. The summed E-state index contributed by atoms with van der Waals surface area (Å²) in [6.07, 6.45) is 3.34. The molecule has 4 N–H and O–H groups in total. The van der Waals surface area contributed by atoms with Crippen LogP contribution in [0.4, 0.5) is 42.4 Å². The van der Waals surface area contributed by atoms with Crippen LogP contribution in [0, 0.1) is 17.1 Å². The number of ether oxygens (including phenoxy) is 1. The molecule has 4 amide bonds. The zero-order chi connectivity index (χ0) is 34.4. The molecule has 6 rings (SSSR count). The molecule has 254 valence electrons. The molecule has 49 heavy (non-hydrogen) atoms. The number of hydrogen-bond donors (Lipinski definition) is 4.